The highest BCUT2D eigenvalue weighted by atomic mass is 16.5. The van der Waals surface area contributed by atoms with Crippen molar-refractivity contribution in [1.29, 1.82) is 0 Å². The summed E-state index contributed by atoms with van der Waals surface area (Å²) in [6.07, 6.45) is 4.82. The van der Waals surface area contributed by atoms with E-state index in [0.29, 0.717) is 5.56 Å². The highest BCUT2D eigenvalue weighted by Crippen LogP contribution is 2.17. The third-order valence-corrected chi connectivity index (χ3v) is 3.28. The molecule has 0 heterocycles. The molecule has 1 atom stereocenters. The Bertz CT molecular complexity index is 583. The molecule has 0 radical (unpaired) electrons. The quantitative estimate of drug-likeness (QED) is 0.350. The molecule has 0 aliphatic heterocycles. The molecule has 0 aliphatic rings. The summed E-state index contributed by atoms with van der Waals surface area (Å²) in [6, 6.07) is 7.52. The highest BCUT2D eigenvalue weighted by molar-refractivity contribution is 5.99. The van der Waals surface area contributed by atoms with Crippen LogP contribution in [-0.2, 0) is 9.53 Å². The molecule has 0 N–H and O–H groups in total. The normalized spacial score (nSPS) is 13.0. The van der Waals surface area contributed by atoms with Gasteiger partial charge in [-0.3, -0.25) is 4.79 Å². The van der Waals surface area contributed by atoms with Crippen LogP contribution in [0.3, 0.4) is 0 Å². The summed E-state index contributed by atoms with van der Waals surface area (Å²) in [5.74, 6) is -0.616. The Kier molecular flexibility index (Phi) is 6.57. The van der Waals surface area contributed by atoms with Crippen LogP contribution in [-0.4, -0.2) is 33.0 Å². The van der Waals surface area contributed by atoms with Gasteiger partial charge in [-0.05, 0) is 31.2 Å². The van der Waals surface area contributed by atoms with E-state index in [4.69, 9.17) is 0 Å². The third-order valence-electron chi connectivity index (χ3n) is 3.28. The number of methoxy groups -OCH3 is 1. The maximum atomic E-state index is 12.4. The fourth-order valence-electron chi connectivity index (χ4n) is 1.98. The first kappa shape index (κ1) is 17.7. The highest BCUT2D eigenvalue weighted by Gasteiger charge is 2.13. The lowest BCUT2D eigenvalue weighted by Gasteiger charge is -2.13. The monoisotopic (exact) mass is 301 g/mol. The minimum Gasteiger partial charge on any atom is -0.466 e. The lowest BCUT2D eigenvalue weighted by molar-refractivity contribution is -0.134. The van der Waals surface area contributed by atoms with Gasteiger partial charge in [0.1, 0.15) is 0 Å². The Balaban J connectivity index is 2.79. The van der Waals surface area contributed by atoms with E-state index in [0.717, 1.165) is 11.3 Å². The number of esters is 1. The Morgan fingerprint density at radius 1 is 1.14 bits per heavy atom. The molecule has 0 spiro atoms. The molecule has 1 unspecified atom stereocenters. The summed E-state index contributed by atoms with van der Waals surface area (Å²) in [5.41, 5.74) is 2.58. The Hall–Kier alpha value is -2.36. The van der Waals surface area contributed by atoms with Crippen molar-refractivity contribution >= 4 is 17.4 Å². The molecule has 1 aromatic carbocycles. The number of hydrogen-bond donors (Lipinski definition) is 0. The summed E-state index contributed by atoms with van der Waals surface area (Å²) in [4.78, 5) is 25.4. The molecule has 0 aromatic heterocycles. The molecule has 4 nitrogen and oxygen atoms in total. The molecular weight excluding hydrogens is 278 g/mol. The Labute approximate surface area is 132 Å². The zero-order valence-corrected chi connectivity index (χ0v) is 13.8. The van der Waals surface area contributed by atoms with Gasteiger partial charge in [0.15, 0.2) is 5.78 Å². The minimum atomic E-state index is -0.411. The van der Waals surface area contributed by atoms with E-state index >= 15 is 0 Å². The SMILES string of the molecule is COC(=O)C=CC(C)=CC(C)C(=O)c1ccc(N(C)C)cc1. The molecule has 0 saturated carbocycles. The molecule has 1 aromatic rings. The molecule has 0 fully saturated rings. The predicted octanol–water partition coefficient (Wildman–Crippen LogP) is 3.25. The summed E-state index contributed by atoms with van der Waals surface area (Å²) < 4.78 is 4.53. The minimum absolute atomic E-state index is 0.0520. The maximum absolute atomic E-state index is 12.4. The fraction of sp³-hybridized carbons (Fsp3) is 0.333. The molecular formula is C18H23NO3. The van der Waals surface area contributed by atoms with Gasteiger partial charge in [0.25, 0.3) is 0 Å². The number of hydrogen-bond acceptors (Lipinski definition) is 4. The van der Waals surface area contributed by atoms with E-state index in [1.54, 1.807) is 6.08 Å². The lowest BCUT2D eigenvalue weighted by atomic mass is 9.97. The zero-order chi connectivity index (χ0) is 16.7. The van der Waals surface area contributed by atoms with Crippen LogP contribution in [0.5, 0.6) is 0 Å². The predicted molar refractivity (Wildman–Crippen MR) is 89.2 cm³/mol. The maximum Gasteiger partial charge on any atom is 0.330 e. The number of ketones is 1. The van der Waals surface area contributed by atoms with E-state index in [2.05, 4.69) is 4.74 Å². The first-order chi connectivity index (χ1) is 10.3. The van der Waals surface area contributed by atoms with Gasteiger partial charge in [0, 0.05) is 37.3 Å². The molecule has 0 bridgehead atoms. The Morgan fingerprint density at radius 3 is 2.23 bits per heavy atom. The van der Waals surface area contributed by atoms with Crippen molar-refractivity contribution in [2.45, 2.75) is 13.8 Å². The molecule has 0 aliphatic carbocycles. The molecule has 1 rings (SSSR count). The second-order valence-electron chi connectivity index (χ2n) is 5.36. The van der Waals surface area contributed by atoms with Gasteiger partial charge in [-0.1, -0.05) is 24.6 Å². The standard InChI is InChI=1S/C18H23NO3/c1-13(6-11-17(20)22-5)12-14(2)18(21)15-7-9-16(10-8-15)19(3)4/h6-12,14H,1-5H3. The fourth-order valence-corrected chi connectivity index (χ4v) is 1.98. The molecule has 118 valence electrons. The number of rotatable bonds is 6. The second-order valence-corrected chi connectivity index (χ2v) is 5.36. The van der Waals surface area contributed by atoms with Gasteiger partial charge in [-0.2, -0.15) is 0 Å². The van der Waals surface area contributed by atoms with Crippen molar-refractivity contribution in [2.75, 3.05) is 26.1 Å². The molecule has 4 heteroatoms. The first-order valence-electron chi connectivity index (χ1n) is 7.11. The van der Waals surface area contributed by atoms with Crippen molar-refractivity contribution in [3.63, 3.8) is 0 Å². The number of Topliss-reactive ketones (excluding diaryl/α,β-unsaturated/α-hetero) is 1. The van der Waals surface area contributed by atoms with Crippen LogP contribution in [0.2, 0.25) is 0 Å². The number of nitrogens with zero attached hydrogens (tertiary/aromatic N) is 1. The van der Waals surface area contributed by atoms with Crippen LogP contribution in [0.15, 0.2) is 48.1 Å². The second kappa shape index (κ2) is 8.17. The van der Waals surface area contributed by atoms with Gasteiger partial charge in [0.2, 0.25) is 0 Å². The molecule has 0 amide bonds. The first-order valence-corrected chi connectivity index (χ1v) is 7.11. The molecule has 22 heavy (non-hydrogen) atoms. The molecule has 0 saturated heterocycles. The summed E-state index contributed by atoms with van der Waals surface area (Å²) in [6.45, 7) is 3.69. The van der Waals surface area contributed by atoms with E-state index < -0.39 is 5.97 Å². The average molecular weight is 301 g/mol. The smallest absolute Gasteiger partial charge is 0.330 e. The van der Waals surface area contributed by atoms with Crippen LogP contribution in [0, 0.1) is 5.92 Å². The van der Waals surface area contributed by atoms with Crippen molar-refractivity contribution in [1.82, 2.24) is 0 Å². The van der Waals surface area contributed by atoms with Crippen molar-refractivity contribution in [3.8, 4) is 0 Å². The number of benzene rings is 1. The lowest BCUT2D eigenvalue weighted by Crippen LogP contribution is -2.11. The van der Waals surface area contributed by atoms with Crippen LogP contribution in [0.1, 0.15) is 24.2 Å². The summed E-state index contributed by atoms with van der Waals surface area (Å²) in [5, 5.41) is 0. The largest absolute Gasteiger partial charge is 0.466 e. The van der Waals surface area contributed by atoms with Crippen molar-refractivity contribution < 1.29 is 14.3 Å². The Morgan fingerprint density at radius 2 is 1.73 bits per heavy atom. The van der Waals surface area contributed by atoms with Gasteiger partial charge in [0.05, 0.1) is 7.11 Å². The van der Waals surface area contributed by atoms with Gasteiger partial charge in [-0.25, -0.2) is 4.79 Å². The van der Waals surface area contributed by atoms with E-state index in [9.17, 15) is 9.59 Å². The number of ether oxygens (including phenoxy) is 1. The summed E-state index contributed by atoms with van der Waals surface area (Å²) in [7, 11) is 5.24. The third kappa shape index (κ3) is 5.20. The van der Waals surface area contributed by atoms with Crippen molar-refractivity contribution in [3.05, 3.63) is 53.6 Å². The summed E-state index contributed by atoms with van der Waals surface area (Å²) >= 11 is 0. The number of anilines is 1. The van der Waals surface area contributed by atoms with Gasteiger partial charge in [-0.15, -0.1) is 0 Å². The van der Waals surface area contributed by atoms with E-state index in [1.165, 1.54) is 13.2 Å². The van der Waals surface area contributed by atoms with E-state index in [-0.39, 0.29) is 11.7 Å². The van der Waals surface area contributed by atoms with E-state index in [1.807, 2.05) is 63.2 Å². The van der Waals surface area contributed by atoms with Crippen LogP contribution < -0.4 is 4.90 Å². The number of carbonyl (C=O) groups excluding carboxylic acids is 2. The van der Waals surface area contributed by atoms with Crippen LogP contribution in [0.4, 0.5) is 5.69 Å². The zero-order valence-electron chi connectivity index (χ0n) is 13.8. The van der Waals surface area contributed by atoms with Crippen LogP contribution in [0.25, 0.3) is 0 Å². The van der Waals surface area contributed by atoms with Crippen LogP contribution >= 0.6 is 0 Å². The van der Waals surface area contributed by atoms with Gasteiger partial charge >= 0.3 is 5.97 Å². The van der Waals surface area contributed by atoms with Gasteiger partial charge < -0.3 is 9.64 Å². The number of allylic oxidation sites excluding steroid dienone is 3. The number of carbonyl (C=O) groups is 2. The average Bonchev–Trinajstić information content (AvgIpc) is 2.51. The van der Waals surface area contributed by atoms with Crippen molar-refractivity contribution in [2.24, 2.45) is 5.92 Å². The topological polar surface area (TPSA) is 46.6 Å².